The largest absolute Gasteiger partial charge is 0.310 e. The van der Waals surface area contributed by atoms with Crippen molar-refractivity contribution in [3.63, 3.8) is 0 Å². The zero-order valence-electron chi connectivity index (χ0n) is 12.1. The summed E-state index contributed by atoms with van der Waals surface area (Å²) in [5.41, 5.74) is 1.80. The van der Waals surface area contributed by atoms with Gasteiger partial charge in [-0.3, -0.25) is 0 Å². The molecule has 0 aliphatic carbocycles. The molecular formula is C16H26FN. The smallest absolute Gasteiger partial charge is 0.126 e. The first-order chi connectivity index (χ1) is 8.54. The third-order valence-electron chi connectivity index (χ3n) is 3.27. The second-order valence-corrected chi connectivity index (χ2v) is 5.49. The Morgan fingerprint density at radius 1 is 1.22 bits per heavy atom. The molecule has 0 amide bonds. The minimum absolute atomic E-state index is 0.0969. The number of benzene rings is 1. The molecule has 1 atom stereocenters. The van der Waals surface area contributed by atoms with Gasteiger partial charge < -0.3 is 5.32 Å². The first kappa shape index (κ1) is 15.2. The topological polar surface area (TPSA) is 12.0 Å². The van der Waals surface area contributed by atoms with Crippen molar-refractivity contribution in [2.45, 2.75) is 53.0 Å². The SMILES string of the molecule is CCCNC(CCC(C)C)c1ccc(C)c(F)c1. The molecule has 0 saturated carbocycles. The number of hydrogen-bond acceptors (Lipinski definition) is 1. The fraction of sp³-hybridized carbons (Fsp3) is 0.625. The lowest BCUT2D eigenvalue weighted by Gasteiger charge is -2.20. The fourth-order valence-corrected chi connectivity index (χ4v) is 2.03. The van der Waals surface area contributed by atoms with Crippen molar-refractivity contribution < 1.29 is 4.39 Å². The first-order valence-corrected chi connectivity index (χ1v) is 7.04. The van der Waals surface area contributed by atoms with Crippen LogP contribution in [0.25, 0.3) is 0 Å². The summed E-state index contributed by atoms with van der Waals surface area (Å²) in [7, 11) is 0. The van der Waals surface area contributed by atoms with E-state index in [-0.39, 0.29) is 11.9 Å². The minimum atomic E-state index is -0.0969. The van der Waals surface area contributed by atoms with E-state index in [4.69, 9.17) is 0 Å². The molecule has 0 fully saturated rings. The van der Waals surface area contributed by atoms with Gasteiger partial charge in [0.2, 0.25) is 0 Å². The van der Waals surface area contributed by atoms with Crippen LogP contribution in [0.15, 0.2) is 18.2 Å². The zero-order chi connectivity index (χ0) is 13.5. The highest BCUT2D eigenvalue weighted by atomic mass is 19.1. The number of aryl methyl sites for hydroxylation is 1. The van der Waals surface area contributed by atoms with Gasteiger partial charge in [0, 0.05) is 6.04 Å². The van der Waals surface area contributed by atoms with Gasteiger partial charge in [-0.1, -0.05) is 32.9 Å². The standard InChI is InChI=1S/C16H26FN/c1-5-10-18-16(9-6-12(2)3)14-8-7-13(4)15(17)11-14/h7-8,11-12,16,18H,5-6,9-10H2,1-4H3. The minimum Gasteiger partial charge on any atom is -0.310 e. The van der Waals surface area contributed by atoms with Crippen LogP contribution >= 0.6 is 0 Å². The molecule has 0 heterocycles. The molecule has 0 aliphatic rings. The van der Waals surface area contributed by atoms with E-state index in [2.05, 4.69) is 26.1 Å². The summed E-state index contributed by atoms with van der Waals surface area (Å²) in [5.74, 6) is 0.589. The van der Waals surface area contributed by atoms with Crippen molar-refractivity contribution in [2.75, 3.05) is 6.54 Å². The number of rotatable bonds is 7. The van der Waals surface area contributed by atoms with E-state index in [1.807, 2.05) is 19.1 Å². The summed E-state index contributed by atoms with van der Waals surface area (Å²) >= 11 is 0. The van der Waals surface area contributed by atoms with Gasteiger partial charge in [0.25, 0.3) is 0 Å². The molecule has 1 N–H and O–H groups in total. The molecule has 0 aromatic heterocycles. The molecule has 1 rings (SSSR count). The molecule has 0 aliphatic heterocycles. The maximum Gasteiger partial charge on any atom is 0.126 e. The van der Waals surface area contributed by atoms with Gasteiger partial charge in [0.05, 0.1) is 0 Å². The average Bonchev–Trinajstić information content (AvgIpc) is 2.33. The molecular weight excluding hydrogens is 225 g/mol. The van der Waals surface area contributed by atoms with Crippen molar-refractivity contribution in [2.24, 2.45) is 5.92 Å². The summed E-state index contributed by atoms with van der Waals surface area (Å²) in [6, 6.07) is 5.89. The van der Waals surface area contributed by atoms with Gasteiger partial charge >= 0.3 is 0 Å². The van der Waals surface area contributed by atoms with Gasteiger partial charge in [0.15, 0.2) is 0 Å². The Morgan fingerprint density at radius 2 is 1.94 bits per heavy atom. The van der Waals surface area contributed by atoms with Crippen LogP contribution in [-0.2, 0) is 0 Å². The van der Waals surface area contributed by atoms with Crippen LogP contribution in [0.5, 0.6) is 0 Å². The van der Waals surface area contributed by atoms with Crippen LogP contribution < -0.4 is 5.32 Å². The van der Waals surface area contributed by atoms with Crippen LogP contribution in [0.3, 0.4) is 0 Å². The molecule has 2 heteroatoms. The molecule has 1 aromatic carbocycles. The molecule has 0 bridgehead atoms. The average molecular weight is 251 g/mol. The van der Waals surface area contributed by atoms with E-state index < -0.39 is 0 Å². The molecule has 1 nitrogen and oxygen atoms in total. The number of nitrogens with one attached hydrogen (secondary N) is 1. The van der Waals surface area contributed by atoms with Crippen molar-refractivity contribution >= 4 is 0 Å². The summed E-state index contributed by atoms with van der Waals surface area (Å²) < 4.78 is 13.6. The zero-order valence-corrected chi connectivity index (χ0v) is 12.1. The van der Waals surface area contributed by atoms with Gasteiger partial charge in [-0.2, -0.15) is 0 Å². The van der Waals surface area contributed by atoms with Gasteiger partial charge in [-0.15, -0.1) is 0 Å². The Morgan fingerprint density at radius 3 is 2.50 bits per heavy atom. The number of halogens is 1. The Kier molecular flexibility index (Phi) is 6.34. The molecule has 0 spiro atoms. The summed E-state index contributed by atoms with van der Waals surface area (Å²) in [5, 5.41) is 3.52. The van der Waals surface area contributed by atoms with Gasteiger partial charge in [-0.05, 0) is 55.8 Å². The third kappa shape index (κ3) is 4.77. The monoisotopic (exact) mass is 251 g/mol. The third-order valence-corrected chi connectivity index (χ3v) is 3.27. The predicted octanol–water partition coefficient (Wildman–Crippen LogP) is 4.61. The maximum absolute atomic E-state index is 13.6. The first-order valence-electron chi connectivity index (χ1n) is 7.04. The Hall–Kier alpha value is -0.890. The van der Waals surface area contributed by atoms with Crippen LogP contribution in [0.1, 0.15) is 57.2 Å². The van der Waals surface area contributed by atoms with E-state index in [9.17, 15) is 4.39 Å². The highest BCUT2D eigenvalue weighted by Gasteiger charge is 2.12. The van der Waals surface area contributed by atoms with Crippen LogP contribution in [-0.4, -0.2) is 6.54 Å². The van der Waals surface area contributed by atoms with Gasteiger partial charge in [-0.25, -0.2) is 4.39 Å². The van der Waals surface area contributed by atoms with E-state index >= 15 is 0 Å². The Balaban J connectivity index is 2.76. The Bertz CT molecular complexity index is 360. The second-order valence-electron chi connectivity index (χ2n) is 5.49. The van der Waals surface area contributed by atoms with Crippen LogP contribution in [0.2, 0.25) is 0 Å². The van der Waals surface area contributed by atoms with E-state index in [1.165, 1.54) is 0 Å². The molecule has 1 unspecified atom stereocenters. The molecule has 18 heavy (non-hydrogen) atoms. The molecule has 102 valence electrons. The summed E-state index contributed by atoms with van der Waals surface area (Å²) in [6.45, 7) is 9.40. The Labute approximate surface area is 111 Å². The predicted molar refractivity (Wildman–Crippen MR) is 76.2 cm³/mol. The van der Waals surface area contributed by atoms with Crippen molar-refractivity contribution in [1.82, 2.24) is 5.32 Å². The van der Waals surface area contributed by atoms with Crippen molar-refractivity contribution in [3.8, 4) is 0 Å². The molecule has 1 aromatic rings. The van der Waals surface area contributed by atoms with E-state index in [0.29, 0.717) is 5.92 Å². The lowest BCUT2D eigenvalue weighted by Crippen LogP contribution is -2.22. The molecule has 0 radical (unpaired) electrons. The van der Waals surface area contributed by atoms with Crippen molar-refractivity contribution in [3.05, 3.63) is 35.1 Å². The molecule has 0 saturated heterocycles. The normalized spacial score (nSPS) is 13.0. The lowest BCUT2D eigenvalue weighted by molar-refractivity contribution is 0.439. The van der Waals surface area contributed by atoms with Crippen molar-refractivity contribution in [1.29, 1.82) is 0 Å². The van der Waals surface area contributed by atoms with Crippen LogP contribution in [0.4, 0.5) is 4.39 Å². The maximum atomic E-state index is 13.6. The fourth-order valence-electron chi connectivity index (χ4n) is 2.03. The summed E-state index contributed by atoms with van der Waals surface area (Å²) in [6.07, 6.45) is 3.34. The van der Waals surface area contributed by atoms with Gasteiger partial charge in [0.1, 0.15) is 5.82 Å². The van der Waals surface area contributed by atoms with E-state index in [1.54, 1.807) is 6.07 Å². The summed E-state index contributed by atoms with van der Waals surface area (Å²) in [4.78, 5) is 0. The van der Waals surface area contributed by atoms with Crippen LogP contribution in [0, 0.1) is 18.7 Å². The highest BCUT2D eigenvalue weighted by Crippen LogP contribution is 2.22. The quantitative estimate of drug-likeness (QED) is 0.746. The number of hydrogen-bond donors (Lipinski definition) is 1. The second kappa shape index (κ2) is 7.52. The lowest BCUT2D eigenvalue weighted by atomic mass is 9.96. The van der Waals surface area contributed by atoms with E-state index in [0.717, 1.165) is 36.9 Å². The highest BCUT2D eigenvalue weighted by molar-refractivity contribution is 5.25.